The first-order valence-electron chi connectivity index (χ1n) is 7.65. The average molecular weight is 315 g/mol. The van der Waals surface area contributed by atoms with Gasteiger partial charge in [-0.1, -0.05) is 18.2 Å². The van der Waals surface area contributed by atoms with Crippen LogP contribution in [0.5, 0.6) is 5.75 Å². The zero-order valence-corrected chi connectivity index (χ0v) is 13.4. The number of amides is 1. The first kappa shape index (κ1) is 15.6. The van der Waals surface area contributed by atoms with Gasteiger partial charge in [0.2, 0.25) is 5.91 Å². The van der Waals surface area contributed by atoms with E-state index in [-0.39, 0.29) is 11.8 Å². The largest absolute Gasteiger partial charge is 0.492 e. The quantitative estimate of drug-likeness (QED) is 0.913. The Bertz CT molecular complexity index is 683. The van der Waals surface area contributed by atoms with Gasteiger partial charge in [0.25, 0.3) is 0 Å². The van der Waals surface area contributed by atoms with Crippen molar-refractivity contribution >= 4 is 5.91 Å². The minimum Gasteiger partial charge on any atom is -0.492 e. The summed E-state index contributed by atoms with van der Waals surface area (Å²) in [4.78, 5) is 14.3. The van der Waals surface area contributed by atoms with Crippen LogP contribution in [0, 0.1) is 5.92 Å². The number of aromatic nitrogens is 2. The van der Waals surface area contributed by atoms with Gasteiger partial charge in [0, 0.05) is 14.2 Å². The van der Waals surface area contributed by atoms with Crippen molar-refractivity contribution < 1.29 is 14.3 Å². The van der Waals surface area contributed by atoms with Crippen molar-refractivity contribution in [3.63, 3.8) is 0 Å². The number of hydrogen-bond acceptors (Lipinski definition) is 4. The predicted molar refractivity (Wildman–Crippen MR) is 84.9 cm³/mol. The minimum atomic E-state index is -0.142. The van der Waals surface area contributed by atoms with Gasteiger partial charge < -0.3 is 14.4 Å². The Labute approximate surface area is 135 Å². The molecule has 0 saturated heterocycles. The van der Waals surface area contributed by atoms with Gasteiger partial charge in [-0.2, -0.15) is 5.10 Å². The van der Waals surface area contributed by atoms with Gasteiger partial charge in [0.15, 0.2) is 0 Å². The highest BCUT2D eigenvalue weighted by Gasteiger charge is 2.28. The average Bonchev–Trinajstić information content (AvgIpc) is 3.01. The van der Waals surface area contributed by atoms with Crippen LogP contribution in [0.15, 0.2) is 30.3 Å². The van der Waals surface area contributed by atoms with Crippen molar-refractivity contribution in [2.24, 2.45) is 5.92 Å². The Morgan fingerprint density at radius 1 is 1.48 bits per heavy atom. The monoisotopic (exact) mass is 315 g/mol. The van der Waals surface area contributed by atoms with E-state index in [1.54, 1.807) is 19.1 Å². The van der Waals surface area contributed by atoms with Crippen LogP contribution in [0.4, 0.5) is 0 Å². The van der Waals surface area contributed by atoms with E-state index < -0.39 is 0 Å². The molecule has 1 amide bonds. The van der Waals surface area contributed by atoms with Crippen LogP contribution in [0.2, 0.25) is 0 Å². The number of rotatable bonds is 5. The Morgan fingerprint density at radius 3 is 3.13 bits per heavy atom. The van der Waals surface area contributed by atoms with E-state index in [0.717, 1.165) is 29.1 Å². The smallest absolute Gasteiger partial charge is 0.229 e. The van der Waals surface area contributed by atoms with Crippen LogP contribution >= 0.6 is 0 Å². The van der Waals surface area contributed by atoms with Gasteiger partial charge in [-0.25, -0.2) is 0 Å². The van der Waals surface area contributed by atoms with Crippen molar-refractivity contribution in [2.75, 3.05) is 20.8 Å². The van der Waals surface area contributed by atoms with E-state index in [1.165, 1.54) is 0 Å². The van der Waals surface area contributed by atoms with E-state index >= 15 is 0 Å². The van der Waals surface area contributed by atoms with Gasteiger partial charge in [-0.15, -0.1) is 0 Å². The summed E-state index contributed by atoms with van der Waals surface area (Å²) in [7, 11) is 3.44. The van der Waals surface area contributed by atoms with Crippen LogP contribution in [0.1, 0.15) is 17.0 Å². The summed E-state index contributed by atoms with van der Waals surface area (Å²) in [5.74, 6) is 0.829. The van der Waals surface area contributed by atoms with Crippen LogP contribution in [-0.4, -0.2) is 41.8 Å². The second-order valence-corrected chi connectivity index (χ2v) is 5.83. The molecule has 6 nitrogen and oxygen atoms in total. The fourth-order valence-corrected chi connectivity index (χ4v) is 2.84. The molecule has 1 atom stereocenters. The fourth-order valence-electron chi connectivity index (χ4n) is 2.84. The Hall–Kier alpha value is -2.34. The van der Waals surface area contributed by atoms with Crippen molar-refractivity contribution in [1.29, 1.82) is 0 Å². The van der Waals surface area contributed by atoms with Gasteiger partial charge in [-0.3, -0.25) is 9.89 Å². The molecule has 1 unspecified atom stereocenters. The van der Waals surface area contributed by atoms with Crippen molar-refractivity contribution in [3.8, 4) is 5.75 Å². The van der Waals surface area contributed by atoms with Gasteiger partial charge in [0.05, 0.1) is 30.5 Å². The number of H-pyrrole nitrogens is 1. The lowest BCUT2D eigenvalue weighted by molar-refractivity contribution is -0.136. The lowest BCUT2D eigenvalue weighted by atomic mass is 9.95. The molecular weight excluding hydrogens is 294 g/mol. The highest BCUT2D eigenvalue weighted by molar-refractivity contribution is 5.79. The number of nitrogens with one attached hydrogen (secondary N) is 1. The van der Waals surface area contributed by atoms with Crippen LogP contribution < -0.4 is 4.74 Å². The minimum absolute atomic E-state index is 0.0856. The van der Waals surface area contributed by atoms with E-state index in [1.807, 2.05) is 30.3 Å². The lowest BCUT2D eigenvalue weighted by Crippen LogP contribution is -2.38. The first-order chi connectivity index (χ1) is 11.2. The number of methoxy groups -OCH3 is 1. The molecule has 1 aliphatic heterocycles. The highest BCUT2D eigenvalue weighted by atomic mass is 16.5. The summed E-state index contributed by atoms with van der Waals surface area (Å²) in [6, 6.07) is 9.80. The molecule has 122 valence electrons. The number of hydrogen-bond donors (Lipinski definition) is 1. The number of nitrogens with zero attached hydrogens (tertiary/aromatic N) is 2. The lowest BCUT2D eigenvalue weighted by Gasteiger charge is -2.28. The first-order valence-corrected chi connectivity index (χ1v) is 7.65. The third-order valence-electron chi connectivity index (χ3n) is 3.99. The molecule has 0 spiro atoms. The second kappa shape index (κ2) is 6.83. The Morgan fingerprint density at radius 2 is 2.30 bits per heavy atom. The van der Waals surface area contributed by atoms with Crippen molar-refractivity contribution in [1.82, 2.24) is 15.1 Å². The number of fused-ring (bicyclic) bond motifs is 1. The molecular formula is C17H21N3O3. The van der Waals surface area contributed by atoms with Gasteiger partial charge in [-0.05, 0) is 24.1 Å². The van der Waals surface area contributed by atoms with Gasteiger partial charge >= 0.3 is 0 Å². The number of carbonyl (C=O) groups is 1. The molecule has 3 rings (SSSR count). The fraction of sp³-hybridized carbons (Fsp3) is 0.412. The third-order valence-corrected chi connectivity index (χ3v) is 3.99. The molecule has 1 aliphatic rings. The number of benzene rings is 1. The Kier molecular flexibility index (Phi) is 4.62. The molecule has 1 aromatic heterocycles. The number of ether oxygens (including phenoxy) is 2. The molecule has 2 heterocycles. The van der Waals surface area contributed by atoms with E-state index in [2.05, 4.69) is 10.2 Å². The van der Waals surface area contributed by atoms with Crippen molar-refractivity contribution in [3.05, 3.63) is 47.3 Å². The maximum absolute atomic E-state index is 12.6. The second-order valence-electron chi connectivity index (χ2n) is 5.83. The van der Waals surface area contributed by atoms with E-state index in [4.69, 9.17) is 9.47 Å². The zero-order valence-electron chi connectivity index (χ0n) is 13.4. The molecule has 0 fully saturated rings. The molecule has 2 aromatic rings. The molecule has 0 radical (unpaired) electrons. The van der Waals surface area contributed by atoms with E-state index in [0.29, 0.717) is 19.8 Å². The van der Waals surface area contributed by atoms with Crippen LogP contribution in [0.25, 0.3) is 0 Å². The Balaban J connectivity index is 1.61. The summed E-state index contributed by atoms with van der Waals surface area (Å²) < 4.78 is 10.8. The molecule has 0 saturated carbocycles. The summed E-state index contributed by atoms with van der Waals surface area (Å²) in [5.41, 5.74) is 2.82. The van der Waals surface area contributed by atoms with Gasteiger partial charge in [0.1, 0.15) is 12.4 Å². The number of aromatic amines is 1. The van der Waals surface area contributed by atoms with E-state index in [9.17, 15) is 4.79 Å². The third kappa shape index (κ3) is 3.53. The van der Waals surface area contributed by atoms with Crippen LogP contribution in [0.3, 0.4) is 0 Å². The normalized spacial score (nSPS) is 16.5. The highest BCUT2D eigenvalue weighted by Crippen LogP contribution is 2.27. The zero-order chi connectivity index (χ0) is 16.2. The summed E-state index contributed by atoms with van der Waals surface area (Å²) in [6.07, 6.45) is 0.719. The number of para-hydroxylation sites is 1. The predicted octanol–water partition coefficient (Wildman–Crippen LogP) is 1.77. The summed E-state index contributed by atoms with van der Waals surface area (Å²) in [6.45, 7) is 1.38. The maximum atomic E-state index is 12.6. The molecule has 0 bridgehead atoms. The van der Waals surface area contributed by atoms with Crippen molar-refractivity contribution in [2.45, 2.75) is 19.6 Å². The summed E-state index contributed by atoms with van der Waals surface area (Å²) >= 11 is 0. The summed E-state index contributed by atoms with van der Waals surface area (Å²) in [5, 5.41) is 7.09. The maximum Gasteiger partial charge on any atom is 0.229 e. The molecule has 23 heavy (non-hydrogen) atoms. The molecule has 1 N–H and O–H groups in total. The molecule has 1 aromatic carbocycles. The van der Waals surface area contributed by atoms with Crippen LogP contribution in [-0.2, 0) is 29.1 Å². The standard InChI is InChI=1S/C17H21N3O3/c1-20(9-14-8-15(11-22-2)19-18-14)17(21)13-7-12-5-3-4-6-16(12)23-10-13/h3-6,8,13H,7,9-11H2,1-2H3,(H,18,19). The SMILES string of the molecule is COCc1cc(CN(C)C(=O)C2COc3ccccc3C2)[nH]n1. The molecule has 0 aliphatic carbocycles. The molecule has 6 heteroatoms. The number of carbonyl (C=O) groups excluding carboxylic acids is 1. The topological polar surface area (TPSA) is 67.4 Å².